The molecule has 0 N–H and O–H groups in total. The number of hydrogen-bond donors (Lipinski definition) is 0. The van der Waals surface area contributed by atoms with E-state index in [9.17, 15) is 14.4 Å². The van der Waals surface area contributed by atoms with Crippen LogP contribution in [-0.2, 0) is 23.9 Å². The highest BCUT2D eigenvalue weighted by molar-refractivity contribution is 5.97. The summed E-state index contributed by atoms with van der Waals surface area (Å²) in [6, 6.07) is 0. The highest BCUT2D eigenvalue weighted by Crippen LogP contribution is 2.45. The predicted molar refractivity (Wildman–Crippen MR) is 110 cm³/mol. The molecule has 0 saturated carbocycles. The van der Waals surface area contributed by atoms with E-state index in [0.29, 0.717) is 30.6 Å². The first-order valence-corrected chi connectivity index (χ1v) is 11.1. The molecule has 1 saturated heterocycles. The Morgan fingerprint density at radius 1 is 1.28 bits per heavy atom. The van der Waals surface area contributed by atoms with Crippen LogP contribution in [0.2, 0.25) is 0 Å². The van der Waals surface area contributed by atoms with Crippen molar-refractivity contribution in [3.05, 3.63) is 23.8 Å². The van der Waals surface area contributed by atoms with Gasteiger partial charge in [0, 0.05) is 12.3 Å². The van der Waals surface area contributed by atoms with Crippen molar-refractivity contribution in [3.63, 3.8) is 0 Å². The Morgan fingerprint density at radius 2 is 2.03 bits per heavy atom. The van der Waals surface area contributed by atoms with Crippen molar-refractivity contribution in [1.82, 2.24) is 0 Å². The summed E-state index contributed by atoms with van der Waals surface area (Å²) >= 11 is 0. The SMILES string of the molecule is CC[C@@H](C)C(=O)O[C@H]1C[C@@H](C)C=C2C=C[C@H](C)[C@H](CC[C@H]3CC(=O)CC(=O)O3)[C@H]21. The molecule has 5 nitrogen and oxygen atoms in total. The number of fused-ring (bicyclic) bond motifs is 1. The molecule has 0 aromatic rings. The number of allylic oxidation sites excluding steroid dienone is 3. The number of carbonyl (C=O) groups excluding carboxylic acids is 3. The Labute approximate surface area is 173 Å². The molecule has 1 heterocycles. The lowest BCUT2D eigenvalue weighted by atomic mass is 9.65. The number of cyclic esters (lactones) is 1. The minimum Gasteiger partial charge on any atom is -0.462 e. The van der Waals surface area contributed by atoms with Gasteiger partial charge in [0.15, 0.2) is 0 Å². The van der Waals surface area contributed by atoms with Crippen LogP contribution in [0.25, 0.3) is 0 Å². The van der Waals surface area contributed by atoms with E-state index in [1.54, 1.807) is 0 Å². The van der Waals surface area contributed by atoms with Gasteiger partial charge in [0.2, 0.25) is 0 Å². The molecule has 1 aliphatic heterocycles. The van der Waals surface area contributed by atoms with Crippen LogP contribution in [0.3, 0.4) is 0 Å². The van der Waals surface area contributed by atoms with Gasteiger partial charge in [-0.3, -0.25) is 14.4 Å². The lowest BCUT2D eigenvalue weighted by Crippen LogP contribution is -2.42. The summed E-state index contributed by atoms with van der Waals surface area (Å²) in [4.78, 5) is 35.9. The number of Topliss-reactive ketones (excluding diaryl/α,β-unsaturated/α-hetero) is 1. The molecule has 0 aromatic heterocycles. The monoisotopic (exact) mass is 402 g/mol. The second-order valence-electron chi connectivity index (χ2n) is 9.18. The van der Waals surface area contributed by atoms with Crippen LogP contribution in [-0.4, -0.2) is 29.9 Å². The summed E-state index contributed by atoms with van der Waals surface area (Å²) in [5.74, 6) is 0.516. The third-order valence-corrected chi connectivity index (χ3v) is 6.79. The van der Waals surface area contributed by atoms with Crippen LogP contribution >= 0.6 is 0 Å². The molecule has 0 spiro atoms. The van der Waals surface area contributed by atoms with Gasteiger partial charge >= 0.3 is 11.9 Å². The number of carbonyl (C=O) groups is 3. The standard InChI is InChI=1S/C24H34O5/c1-5-15(3)24(27)29-21-11-14(2)10-17-7-6-16(4)20(23(17)21)9-8-19-12-18(25)13-22(26)28-19/h6-7,10,14-16,19-21,23H,5,8-9,11-13H2,1-4H3/t14-,15+,16-,19-,20-,21-,23-/m0/s1. The van der Waals surface area contributed by atoms with Gasteiger partial charge in [-0.2, -0.15) is 0 Å². The second-order valence-corrected chi connectivity index (χ2v) is 9.18. The Bertz CT molecular complexity index is 690. The fourth-order valence-corrected chi connectivity index (χ4v) is 4.95. The van der Waals surface area contributed by atoms with E-state index in [1.807, 2.05) is 13.8 Å². The van der Waals surface area contributed by atoms with Gasteiger partial charge in [-0.15, -0.1) is 0 Å². The van der Waals surface area contributed by atoms with Crippen molar-refractivity contribution < 1.29 is 23.9 Å². The smallest absolute Gasteiger partial charge is 0.313 e. The van der Waals surface area contributed by atoms with Crippen LogP contribution in [0.4, 0.5) is 0 Å². The molecule has 5 heteroatoms. The molecule has 0 radical (unpaired) electrons. The van der Waals surface area contributed by atoms with E-state index in [4.69, 9.17) is 9.47 Å². The van der Waals surface area contributed by atoms with Crippen molar-refractivity contribution in [2.45, 2.75) is 78.4 Å². The molecular formula is C24H34O5. The molecule has 160 valence electrons. The summed E-state index contributed by atoms with van der Waals surface area (Å²) in [6.45, 7) is 8.28. The molecule has 3 rings (SSSR count). The average molecular weight is 403 g/mol. The van der Waals surface area contributed by atoms with Crippen LogP contribution in [0, 0.1) is 29.6 Å². The van der Waals surface area contributed by atoms with Crippen molar-refractivity contribution in [2.75, 3.05) is 0 Å². The van der Waals surface area contributed by atoms with Gasteiger partial charge in [0.05, 0.1) is 5.92 Å². The molecular weight excluding hydrogens is 368 g/mol. The topological polar surface area (TPSA) is 69.7 Å². The van der Waals surface area contributed by atoms with E-state index in [1.165, 1.54) is 5.57 Å². The average Bonchev–Trinajstić information content (AvgIpc) is 2.65. The van der Waals surface area contributed by atoms with Crippen LogP contribution in [0.5, 0.6) is 0 Å². The number of ketones is 1. The summed E-state index contributed by atoms with van der Waals surface area (Å²) < 4.78 is 11.4. The maximum atomic E-state index is 12.5. The molecule has 0 bridgehead atoms. The Morgan fingerprint density at radius 3 is 2.72 bits per heavy atom. The van der Waals surface area contributed by atoms with Gasteiger partial charge in [-0.05, 0) is 49.0 Å². The molecule has 0 aromatic carbocycles. The fourth-order valence-electron chi connectivity index (χ4n) is 4.95. The van der Waals surface area contributed by atoms with Gasteiger partial charge in [0.1, 0.15) is 24.4 Å². The van der Waals surface area contributed by atoms with E-state index in [-0.39, 0.29) is 42.2 Å². The summed E-state index contributed by atoms with van der Waals surface area (Å²) in [5, 5.41) is 0. The molecule has 0 amide bonds. The van der Waals surface area contributed by atoms with Gasteiger partial charge in [-0.1, -0.05) is 45.9 Å². The third-order valence-electron chi connectivity index (χ3n) is 6.79. The lowest BCUT2D eigenvalue weighted by molar-refractivity contribution is -0.161. The summed E-state index contributed by atoms with van der Waals surface area (Å²) in [7, 11) is 0. The first-order chi connectivity index (χ1) is 13.8. The van der Waals surface area contributed by atoms with Crippen LogP contribution in [0.15, 0.2) is 23.8 Å². The fraction of sp³-hybridized carbons (Fsp3) is 0.708. The predicted octanol–water partition coefficient (Wildman–Crippen LogP) is 4.40. The molecule has 7 atom stereocenters. The van der Waals surface area contributed by atoms with Crippen LogP contribution < -0.4 is 0 Å². The number of esters is 2. The Balaban J connectivity index is 1.75. The van der Waals surface area contributed by atoms with Crippen molar-refractivity contribution in [3.8, 4) is 0 Å². The quantitative estimate of drug-likeness (QED) is 0.486. The Hall–Kier alpha value is -1.91. The minimum absolute atomic E-state index is 0.0322. The largest absolute Gasteiger partial charge is 0.462 e. The van der Waals surface area contributed by atoms with E-state index >= 15 is 0 Å². The van der Waals surface area contributed by atoms with Gasteiger partial charge < -0.3 is 9.47 Å². The van der Waals surface area contributed by atoms with Crippen molar-refractivity contribution in [2.24, 2.45) is 29.6 Å². The van der Waals surface area contributed by atoms with Gasteiger partial charge in [-0.25, -0.2) is 0 Å². The zero-order valence-corrected chi connectivity index (χ0v) is 18.1. The number of ether oxygens (including phenoxy) is 2. The highest BCUT2D eigenvalue weighted by atomic mass is 16.5. The Kier molecular flexibility index (Phi) is 6.97. The summed E-state index contributed by atoms with van der Waals surface area (Å²) in [5.41, 5.74) is 1.26. The number of hydrogen-bond acceptors (Lipinski definition) is 5. The van der Waals surface area contributed by atoms with Gasteiger partial charge in [0.25, 0.3) is 0 Å². The third kappa shape index (κ3) is 5.18. The van der Waals surface area contributed by atoms with E-state index in [2.05, 4.69) is 32.1 Å². The normalized spacial score (nSPS) is 35.4. The molecule has 29 heavy (non-hydrogen) atoms. The molecule has 3 aliphatic rings. The summed E-state index contributed by atoms with van der Waals surface area (Å²) in [6.07, 6.45) is 9.62. The first-order valence-electron chi connectivity index (χ1n) is 11.1. The van der Waals surface area contributed by atoms with Crippen LogP contribution in [0.1, 0.15) is 66.2 Å². The maximum Gasteiger partial charge on any atom is 0.313 e. The maximum absolute atomic E-state index is 12.5. The lowest BCUT2D eigenvalue weighted by Gasteiger charge is -2.43. The molecule has 0 unspecified atom stereocenters. The second kappa shape index (κ2) is 9.27. The van der Waals surface area contributed by atoms with Crippen molar-refractivity contribution in [1.29, 1.82) is 0 Å². The highest BCUT2D eigenvalue weighted by Gasteiger charge is 2.42. The molecule has 1 fully saturated rings. The minimum atomic E-state index is -0.407. The number of rotatable bonds is 6. The van der Waals surface area contributed by atoms with E-state index < -0.39 is 5.97 Å². The first kappa shape index (κ1) is 21.8. The van der Waals surface area contributed by atoms with E-state index in [0.717, 1.165) is 19.3 Å². The molecule has 2 aliphatic carbocycles. The zero-order chi connectivity index (χ0) is 21.1. The zero-order valence-electron chi connectivity index (χ0n) is 18.1. The van der Waals surface area contributed by atoms with Crippen molar-refractivity contribution >= 4 is 17.7 Å².